The minimum atomic E-state index is -0.720. The van der Waals surface area contributed by atoms with Gasteiger partial charge in [-0.3, -0.25) is 10.1 Å². The maximum absolute atomic E-state index is 12.4. The number of ether oxygens (including phenoxy) is 2. The number of para-hydroxylation sites is 2. The lowest BCUT2D eigenvalue weighted by atomic mass is 10.2. The van der Waals surface area contributed by atoms with E-state index in [1.165, 1.54) is 11.3 Å². The van der Waals surface area contributed by atoms with E-state index in [0.717, 1.165) is 11.3 Å². The average molecular weight is 373 g/mol. The Kier molecular flexibility index (Phi) is 4.29. The minimum Gasteiger partial charge on any atom is -0.485 e. The predicted molar refractivity (Wildman–Crippen MR) is 97.5 cm³/mol. The highest BCUT2D eigenvalue weighted by atomic mass is 35.5. The van der Waals surface area contributed by atoms with Crippen LogP contribution in [0, 0.1) is 0 Å². The summed E-state index contributed by atoms with van der Waals surface area (Å²) in [4.78, 5) is 16.8. The van der Waals surface area contributed by atoms with E-state index >= 15 is 0 Å². The molecular formula is C18H13ClN2O3S. The fourth-order valence-electron chi connectivity index (χ4n) is 2.46. The Hall–Kier alpha value is -2.57. The van der Waals surface area contributed by atoms with Gasteiger partial charge in [-0.1, -0.05) is 41.9 Å². The number of nitrogens with zero attached hydrogens (tertiary/aromatic N) is 1. The standard InChI is InChI=1S/C18H13ClN2O3S/c19-12-6-2-1-5-11(12)13-10-25-18(20-13)21-17(22)16-9-23-14-7-3-4-8-15(14)24-16/h1-8,10,16H,9H2,(H,20,21,22). The number of benzene rings is 2. The molecule has 0 saturated heterocycles. The summed E-state index contributed by atoms with van der Waals surface area (Å²) in [5.41, 5.74) is 1.55. The molecule has 0 saturated carbocycles. The molecule has 126 valence electrons. The molecular weight excluding hydrogens is 360 g/mol. The molecule has 7 heteroatoms. The molecule has 5 nitrogen and oxygen atoms in total. The lowest BCUT2D eigenvalue weighted by Crippen LogP contribution is -2.40. The first-order chi connectivity index (χ1) is 12.2. The molecule has 0 spiro atoms. The van der Waals surface area contributed by atoms with E-state index in [0.29, 0.717) is 21.7 Å². The van der Waals surface area contributed by atoms with Crippen LogP contribution in [0.5, 0.6) is 11.5 Å². The zero-order valence-corrected chi connectivity index (χ0v) is 14.5. The molecule has 1 N–H and O–H groups in total. The third kappa shape index (κ3) is 3.31. The Labute approximate surface area is 153 Å². The van der Waals surface area contributed by atoms with Crippen molar-refractivity contribution in [2.75, 3.05) is 11.9 Å². The van der Waals surface area contributed by atoms with Gasteiger partial charge >= 0.3 is 0 Å². The fraction of sp³-hybridized carbons (Fsp3) is 0.111. The summed E-state index contributed by atoms with van der Waals surface area (Å²) in [6.45, 7) is 0.158. The molecule has 25 heavy (non-hydrogen) atoms. The molecule has 0 fully saturated rings. The van der Waals surface area contributed by atoms with Crippen LogP contribution in [0.25, 0.3) is 11.3 Å². The van der Waals surface area contributed by atoms with E-state index in [9.17, 15) is 4.79 Å². The Bertz CT molecular complexity index is 928. The van der Waals surface area contributed by atoms with Crippen LogP contribution in [0.4, 0.5) is 5.13 Å². The Balaban J connectivity index is 1.47. The molecule has 1 unspecified atom stereocenters. The van der Waals surface area contributed by atoms with Gasteiger partial charge in [0.2, 0.25) is 6.10 Å². The van der Waals surface area contributed by atoms with Gasteiger partial charge in [-0.05, 0) is 18.2 Å². The second-order valence-electron chi connectivity index (χ2n) is 5.37. The number of aromatic nitrogens is 1. The number of thiazole rings is 1. The van der Waals surface area contributed by atoms with Gasteiger partial charge in [-0.25, -0.2) is 4.98 Å². The summed E-state index contributed by atoms with van der Waals surface area (Å²) in [6, 6.07) is 14.7. The molecule has 0 radical (unpaired) electrons. The van der Waals surface area contributed by atoms with E-state index in [4.69, 9.17) is 21.1 Å². The number of carbonyl (C=O) groups excluding carboxylic acids is 1. The first-order valence-corrected chi connectivity index (χ1v) is 8.86. The second kappa shape index (κ2) is 6.74. The van der Waals surface area contributed by atoms with Gasteiger partial charge in [0.1, 0.15) is 6.61 Å². The topological polar surface area (TPSA) is 60.5 Å². The average Bonchev–Trinajstić information content (AvgIpc) is 3.10. The maximum atomic E-state index is 12.4. The van der Waals surface area contributed by atoms with Crippen LogP contribution in [0.3, 0.4) is 0 Å². The van der Waals surface area contributed by atoms with Crippen molar-refractivity contribution in [2.24, 2.45) is 0 Å². The van der Waals surface area contributed by atoms with Gasteiger partial charge in [-0.2, -0.15) is 0 Å². The van der Waals surface area contributed by atoms with E-state index in [1.54, 1.807) is 18.2 Å². The largest absolute Gasteiger partial charge is 0.485 e. The minimum absolute atomic E-state index is 0.158. The molecule has 2 heterocycles. The van der Waals surface area contributed by atoms with Crippen LogP contribution in [0.2, 0.25) is 5.02 Å². The quantitative estimate of drug-likeness (QED) is 0.747. The van der Waals surface area contributed by atoms with Crippen molar-refractivity contribution in [1.29, 1.82) is 0 Å². The number of halogens is 1. The van der Waals surface area contributed by atoms with Gasteiger partial charge < -0.3 is 9.47 Å². The van der Waals surface area contributed by atoms with Crippen LogP contribution < -0.4 is 14.8 Å². The number of hydrogen-bond acceptors (Lipinski definition) is 5. The SMILES string of the molecule is O=C(Nc1nc(-c2ccccc2Cl)cs1)C1COc2ccccc2O1. The van der Waals surface area contributed by atoms with Crippen molar-refractivity contribution in [3.63, 3.8) is 0 Å². The zero-order chi connectivity index (χ0) is 17.2. The summed E-state index contributed by atoms with van der Waals surface area (Å²) in [6.07, 6.45) is -0.720. The first-order valence-electron chi connectivity index (χ1n) is 7.60. The number of fused-ring (bicyclic) bond motifs is 1. The summed E-state index contributed by atoms with van der Waals surface area (Å²) in [7, 11) is 0. The fourth-order valence-corrected chi connectivity index (χ4v) is 3.40. The van der Waals surface area contributed by atoms with E-state index in [1.807, 2.05) is 35.7 Å². The molecule has 1 aromatic heterocycles. The summed E-state index contributed by atoms with van der Waals surface area (Å²) in [5.74, 6) is 0.904. The number of carbonyl (C=O) groups is 1. The molecule has 1 aliphatic heterocycles. The Morgan fingerprint density at radius 2 is 1.92 bits per heavy atom. The first kappa shape index (κ1) is 15.9. The Morgan fingerprint density at radius 3 is 2.76 bits per heavy atom. The molecule has 0 aliphatic carbocycles. The van der Waals surface area contributed by atoms with Crippen LogP contribution in [0.15, 0.2) is 53.9 Å². The van der Waals surface area contributed by atoms with Crippen LogP contribution in [0.1, 0.15) is 0 Å². The normalized spacial score (nSPS) is 15.6. The van der Waals surface area contributed by atoms with Crippen molar-refractivity contribution in [1.82, 2.24) is 4.98 Å². The van der Waals surface area contributed by atoms with Crippen LogP contribution in [-0.4, -0.2) is 23.6 Å². The molecule has 4 rings (SSSR count). The lowest BCUT2D eigenvalue weighted by molar-refractivity contribution is -0.125. The second-order valence-corrected chi connectivity index (χ2v) is 6.64. The van der Waals surface area contributed by atoms with E-state index in [-0.39, 0.29) is 12.5 Å². The molecule has 3 aromatic rings. The highest BCUT2D eigenvalue weighted by Gasteiger charge is 2.27. The summed E-state index contributed by atoms with van der Waals surface area (Å²) >= 11 is 7.52. The monoisotopic (exact) mass is 372 g/mol. The van der Waals surface area contributed by atoms with Gasteiger partial charge in [-0.15, -0.1) is 11.3 Å². The number of amides is 1. The molecule has 2 aromatic carbocycles. The van der Waals surface area contributed by atoms with Crippen molar-refractivity contribution in [2.45, 2.75) is 6.10 Å². The zero-order valence-electron chi connectivity index (χ0n) is 12.9. The highest BCUT2D eigenvalue weighted by Crippen LogP contribution is 2.32. The third-order valence-corrected chi connectivity index (χ3v) is 4.77. The van der Waals surface area contributed by atoms with Gasteiger partial charge in [0.05, 0.1) is 5.69 Å². The molecule has 0 bridgehead atoms. The number of hydrogen-bond donors (Lipinski definition) is 1. The number of nitrogens with one attached hydrogen (secondary N) is 1. The maximum Gasteiger partial charge on any atom is 0.270 e. The van der Waals surface area contributed by atoms with Crippen molar-refractivity contribution in [3.05, 3.63) is 58.9 Å². The molecule has 1 amide bonds. The van der Waals surface area contributed by atoms with E-state index < -0.39 is 6.10 Å². The number of rotatable bonds is 3. The van der Waals surface area contributed by atoms with Crippen LogP contribution >= 0.6 is 22.9 Å². The van der Waals surface area contributed by atoms with Gasteiger partial charge in [0.15, 0.2) is 16.6 Å². The smallest absolute Gasteiger partial charge is 0.270 e. The van der Waals surface area contributed by atoms with Crippen molar-refractivity contribution < 1.29 is 14.3 Å². The van der Waals surface area contributed by atoms with Crippen LogP contribution in [-0.2, 0) is 4.79 Å². The van der Waals surface area contributed by atoms with Gasteiger partial charge in [0, 0.05) is 16.0 Å². The highest BCUT2D eigenvalue weighted by molar-refractivity contribution is 7.14. The van der Waals surface area contributed by atoms with Gasteiger partial charge in [0.25, 0.3) is 5.91 Å². The molecule has 1 aliphatic rings. The Morgan fingerprint density at radius 1 is 1.16 bits per heavy atom. The molecule has 1 atom stereocenters. The van der Waals surface area contributed by atoms with Crippen molar-refractivity contribution >= 4 is 34.0 Å². The predicted octanol–water partition coefficient (Wildman–Crippen LogP) is 4.24. The van der Waals surface area contributed by atoms with E-state index in [2.05, 4.69) is 10.3 Å². The third-order valence-electron chi connectivity index (χ3n) is 3.69. The summed E-state index contributed by atoms with van der Waals surface area (Å²) < 4.78 is 11.3. The van der Waals surface area contributed by atoms with Crippen molar-refractivity contribution in [3.8, 4) is 22.8 Å². The summed E-state index contributed by atoms with van der Waals surface area (Å²) in [5, 5.41) is 5.73. The number of anilines is 1. The lowest BCUT2D eigenvalue weighted by Gasteiger charge is -2.25.